The number of benzene rings is 3. The zero-order chi connectivity index (χ0) is 27.0. The van der Waals surface area contributed by atoms with Gasteiger partial charge in [0.25, 0.3) is 11.8 Å². The summed E-state index contributed by atoms with van der Waals surface area (Å²) in [5.41, 5.74) is 0.315. The number of rotatable bonds is 5. The maximum Gasteiger partial charge on any atom is 0.343 e. The van der Waals surface area contributed by atoms with E-state index in [4.69, 9.17) is 18.9 Å². The third-order valence-corrected chi connectivity index (χ3v) is 6.62. The van der Waals surface area contributed by atoms with Crippen molar-refractivity contribution < 1.29 is 38.1 Å². The lowest BCUT2D eigenvalue weighted by atomic mass is 10.1. The highest BCUT2D eigenvalue weighted by Crippen LogP contribution is 2.37. The lowest BCUT2D eigenvalue weighted by Crippen LogP contribution is -2.54. The molecule has 192 valence electrons. The number of nitrogens with one attached hydrogen (secondary N) is 1. The van der Waals surface area contributed by atoms with E-state index in [1.807, 2.05) is 0 Å². The van der Waals surface area contributed by atoms with Gasteiger partial charge in [-0.05, 0) is 76.6 Å². The van der Waals surface area contributed by atoms with Gasteiger partial charge in [0, 0.05) is 10.0 Å². The highest BCUT2D eigenvalue weighted by molar-refractivity contribution is 9.11. The summed E-state index contributed by atoms with van der Waals surface area (Å²) in [5.74, 6) is -0.961. The minimum Gasteiger partial charge on any atom is -0.497 e. The predicted octanol–water partition coefficient (Wildman–Crippen LogP) is 4.83. The molecule has 1 fully saturated rings. The van der Waals surface area contributed by atoms with Crippen molar-refractivity contribution in [1.82, 2.24) is 5.32 Å². The molecule has 12 heteroatoms. The van der Waals surface area contributed by atoms with Crippen LogP contribution in [0.3, 0.4) is 0 Å². The second-order valence-corrected chi connectivity index (χ2v) is 9.69. The average molecular weight is 644 g/mol. The number of methoxy groups -OCH3 is 1. The fourth-order valence-corrected chi connectivity index (χ4v) is 5.09. The van der Waals surface area contributed by atoms with Crippen molar-refractivity contribution in [3.8, 4) is 23.0 Å². The fourth-order valence-electron chi connectivity index (χ4n) is 3.75. The zero-order valence-electron chi connectivity index (χ0n) is 19.4. The van der Waals surface area contributed by atoms with E-state index in [1.165, 1.54) is 37.5 Å². The molecule has 5 rings (SSSR count). The van der Waals surface area contributed by atoms with E-state index in [-0.39, 0.29) is 34.9 Å². The van der Waals surface area contributed by atoms with Gasteiger partial charge in [0.15, 0.2) is 17.2 Å². The Morgan fingerprint density at radius 1 is 1.00 bits per heavy atom. The van der Waals surface area contributed by atoms with Crippen molar-refractivity contribution in [2.45, 2.75) is 0 Å². The summed E-state index contributed by atoms with van der Waals surface area (Å²) in [5, 5.41) is 2.17. The molecule has 2 aliphatic heterocycles. The summed E-state index contributed by atoms with van der Waals surface area (Å²) in [6.45, 7) is 0.0515. The van der Waals surface area contributed by atoms with E-state index in [9.17, 15) is 19.2 Å². The highest BCUT2D eigenvalue weighted by Gasteiger charge is 2.37. The maximum absolute atomic E-state index is 13.3. The molecule has 0 aromatic heterocycles. The number of imide groups is 2. The molecule has 0 atom stereocenters. The molecule has 10 nitrogen and oxygen atoms in total. The molecule has 4 amide bonds. The van der Waals surface area contributed by atoms with Crippen molar-refractivity contribution >= 4 is 67.4 Å². The van der Waals surface area contributed by atoms with Crippen LogP contribution >= 0.6 is 31.9 Å². The maximum atomic E-state index is 13.3. The summed E-state index contributed by atoms with van der Waals surface area (Å²) in [4.78, 5) is 52.4. The quantitative estimate of drug-likeness (QED) is 0.182. The third kappa shape index (κ3) is 4.87. The number of carbonyl (C=O) groups excluding carboxylic acids is 4. The van der Waals surface area contributed by atoms with E-state index in [0.29, 0.717) is 26.2 Å². The van der Waals surface area contributed by atoms with E-state index in [1.54, 1.807) is 30.3 Å². The summed E-state index contributed by atoms with van der Waals surface area (Å²) in [6, 6.07) is 13.1. The van der Waals surface area contributed by atoms with Crippen molar-refractivity contribution in [2.24, 2.45) is 0 Å². The first-order chi connectivity index (χ1) is 18.2. The van der Waals surface area contributed by atoms with Crippen LogP contribution in [0.25, 0.3) is 6.08 Å². The third-order valence-electron chi connectivity index (χ3n) is 5.57. The summed E-state index contributed by atoms with van der Waals surface area (Å²) < 4.78 is 22.3. The van der Waals surface area contributed by atoms with Crippen molar-refractivity contribution in [2.75, 3.05) is 18.8 Å². The van der Waals surface area contributed by atoms with Crippen LogP contribution in [0.1, 0.15) is 15.9 Å². The first kappa shape index (κ1) is 25.5. The van der Waals surface area contributed by atoms with Gasteiger partial charge >= 0.3 is 12.0 Å². The number of halogens is 2. The Balaban J connectivity index is 1.50. The number of esters is 1. The van der Waals surface area contributed by atoms with Crippen LogP contribution < -0.4 is 29.2 Å². The van der Waals surface area contributed by atoms with Gasteiger partial charge < -0.3 is 18.9 Å². The Kier molecular flexibility index (Phi) is 6.91. The van der Waals surface area contributed by atoms with Crippen molar-refractivity contribution in [1.29, 1.82) is 0 Å². The highest BCUT2D eigenvalue weighted by atomic mass is 79.9. The van der Waals surface area contributed by atoms with E-state index >= 15 is 0 Å². The summed E-state index contributed by atoms with van der Waals surface area (Å²) >= 11 is 6.74. The Bertz CT molecular complexity index is 1530. The largest absolute Gasteiger partial charge is 0.497 e. The first-order valence-corrected chi connectivity index (χ1v) is 12.5. The SMILES string of the molecule is COc1ccc(N2C(=O)NC(=O)/C(=C/c3cc(Br)cc(Br)c3OC(=O)c3ccc4c(c3)OCO4)C2=O)cc1. The summed E-state index contributed by atoms with van der Waals surface area (Å²) in [6.07, 6.45) is 1.25. The molecule has 0 unspecified atom stereocenters. The Morgan fingerprint density at radius 2 is 1.74 bits per heavy atom. The number of fused-ring (bicyclic) bond motifs is 1. The number of anilines is 1. The molecule has 0 radical (unpaired) electrons. The number of urea groups is 1. The van der Waals surface area contributed by atoms with Gasteiger partial charge in [-0.3, -0.25) is 14.9 Å². The molecule has 1 N–H and O–H groups in total. The fraction of sp³-hybridized carbons (Fsp3) is 0.0769. The number of amides is 4. The molecular formula is C26H16Br2N2O8. The standard InChI is InChI=1S/C26H16Br2N2O8/c1-35-17-5-3-16(4-6-17)30-24(32)18(23(31)29-26(30)34)9-14-8-15(27)11-19(28)22(14)38-25(33)13-2-7-20-21(10-13)37-12-36-20/h2-11H,12H2,1H3,(H,29,31,34)/b18-9-. The normalized spacial score (nSPS) is 15.5. The Morgan fingerprint density at radius 3 is 2.47 bits per heavy atom. The predicted molar refractivity (Wildman–Crippen MR) is 141 cm³/mol. The van der Waals surface area contributed by atoms with Crippen molar-refractivity contribution in [3.63, 3.8) is 0 Å². The van der Waals surface area contributed by atoms with Crippen LogP contribution in [-0.4, -0.2) is 37.7 Å². The number of carbonyl (C=O) groups is 4. The molecule has 0 saturated carbocycles. The molecule has 2 aliphatic rings. The molecule has 3 aromatic rings. The number of nitrogens with zero attached hydrogens (tertiary/aromatic N) is 1. The molecule has 0 aliphatic carbocycles. The molecular weight excluding hydrogens is 628 g/mol. The van der Waals surface area contributed by atoms with Gasteiger partial charge in [0.1, 0.15) is 11.3 Å². The van der Waals surface area contributed by atoms with Crippen molar-refractivity contribution in [3.05, 3.63) is 80.2 Å². The molecule has 2 heterocycles. The number of ether oxygens (including phenoxy) is 4. The molecule has 38 heavy (non-hydrogen) atoms. The van der Waals surface area contributed by atoms with Gasteiger partial charge in [-0.2, -0.15) is 0 Å². The molecule has 3 aromatic carbocycles. The Hall–Kier alpha value is -4.16. The van der Waals surface area contributed by atoms with E-state index in [0.717, 1.165) is 4.90 Å². The Labute approximate surface area is 232 Å². The molecule has 0 spiro atoms. The number of hydrogen-bond donors (Lipinski definition) is 1. The topological polar surface area (TPSA) is 120 Å². The number of barbiturate groups is 1. The minimum absolute atomic E-state index is 0.0515. The number of hydrogen-bond acceptors (Lipinski definition) is 8. The second kappa shape index (κ2) is 10.3. The van der Waals surface area contributed by atoms with Gasteiger partial charge in [-0.1, -0.05) is 15.9 Å². The monoisotopic (exact) mass is 642 g/mol. The smallest absolute Gasteiger partial charge is 0.343 e. The minimum atomic E-state index is -0.896. The second-order valence-electron chi connectivity index (χ2n) is 7.92. The van der Waals surface area contributed by atoms with Gasteiger partial charge in [-0.25, -0.2) is 14.5 Å². The zero-order valence-corrected chi connectivity index (χ0v) is 22.6. The van der Waals surface area contributed by atoms with Crippen LogP contribution in [0.2, 0.25) is 0 Å². The summed E-state index contributed by atoms with van der Waals surface area (Å²) in [7, 11) is 1.49. The van der Waals surface area contributed by atoms with Gasteiger partial charge in [0.2, 0.25) is 6.79 Å². The molecule has 1 saturated heterocycles. The van der Waals surface area contributed by atoms with Crippen LogP contribution in [-0.2, 0) is 9.59 Å². The average Bonchev–Trinajstić information content (AvgIpc) is 3.36. The van der Waals surface area contributed by atoms with Crippen LogP contribution in [0.4, 0.5) is 10.5 Å². The lowest BCUT2D eigenvalue weighted by molar-refractivity contribution is -0.122. The van der Waals surface area contributed by atoms with Crippen LogP contribution in [0.5, 0.6) is 23.0 Å². The molecule has 0 bridgehead atoms. The lowest BCUT2D eigenvalue weighted by Gasteiger charge is -2.26. The van der Waals surface area contributed by atoms with Gasteiger partial charge in [-0.15, -0.1) is 0 Å². The van der Waals surface area contributed by atoms with Crippen LogP contribution in [0, 0.1) is 0 Å². The van der Waals surface area contributed by atoms with Crippen LogP contribution in [0.15, 0.2) is 69.1 Å². The van der Waals surface area contributed by atoms with Gasteiger partial charge in [0.05, 0.1) is 22.8 Å². The first-order valence-electron chi connectivity index (χ1n) is 10.9. The van der Waals surface area contributed by atoms with E-state index in [2.05, 4.69) is 37.2 Å². The van der Waals surface area contributed by atoms with E-state index < -0.39 is 23.8 Å².